The van der Waals surface area contributed by atoms with Crippen LogP contribution in [0.2, 0.25) is 0 Å². The molecule has 0 aliphatic carbocycles. The predicted octanol–water partition coefficient (Wildman–Crippen LogP) is 4.61. The van der Waals surface area contributed by atoms with Gasteiger partial charge in [0, 0.05) is 30.7 Å². The lowest BCUT2D eigenvalue weighted by Crippen LogP contribution is -2.04. The van der Waals surface area contributed by atoms with E-state index < -0.39 is 0 Å². The number of nitrogens with zero attached hydrogens (tertiary/aromatic N) is 3. The van der Waals surface area contributed by atoms with E-state index in [1.807, 2.05) is 48.0 Å². The summed E-state index contributed by atoms with van der Waals surface area (Å²) in [6, 6.07) is 13.9. The molecular formula is C21H16N4O2S. The average Bonchev–Trinajstić information content (AvgIpc) is 3.44. The van der Waals surface area contributed by atoms with E-state index in [0.29, 0.717) is 12.5 Å². The Morgan fingerprint density at radius 2 is 1.93 bits per heavy atom. The van der Waals surface area contributed by atoms with Gasteiger partial charge in [0.05, 0.1) is 10.6 Å². The number of thiophene rings is 1. The topological polar surface area (TPSA) is 69.2 Å². The molecule has 138 valence electrons. The van der Waals surface area contributed by atoms with Crippen LogP contribution in [0.3, 0.4) is 0 Å². The fourth-order valence-electron chi connectivity index (χ4n) is 3.03. The molecule has 0 saturated carbocycles. The van der Waals surface area contributed by atoms with Crippen LogP contribution in [0.5, 0.6) is 11.5 Å². The molecule has 0 unspecified atom stereocenters. The standard InChI is InChI=1S/C21H16N4O2S/c1-2-19(28-9-1)20-16(15-3-4-17-18(10-15)27-13-26-17)12-24-21(25-20)23-11-14-5-7-22-8-6-14/h1-10,12H,11,13H2,(H,23,24,25). The first-order valence-corrected chi connectivity index (χ1v) is 9.68. The number of hydrogen-bond donors (Lipinski definition) is 1. The summed E-state index contributed by atoms with van der Waals surface area (Å²) >= 11 is 1.65. The highest BCUT2D eigenvalue weighted by Gasteiger charge is 2.17. The molecule has 3 aromatic heterocycles. The summed E-state index contributed by atoms with van der Waals surface area (Å²) in [5, 5.41) is 5.34. The Labute approximate surface area is 165 Å². The van der Waals surface area contributed by atoms with Crippen LogP contribution in [0.15, 0.2) is 66.4 Å². The molecule has 0 amide bonds. The molecular weight excluding hydrogens is 372 g/mol. The lowest BCUT2D eigenvalue weighted by molar-refractivity contribution is 0.174. The Balaban J connectivity index is 1.50. The minimum Gasteiger partial charge on any atom is -0.454 e. The minimum atomic E-state index is 0.255. The van der Waals surface area contributed by atoms with Gasteiger partial charge >= 0.3 is 0 Å². The van der Waals surface area contributed by atoms with Gasteiger partial charge in [0.2, 0.25) is 12.7 Å². The zero-order chi connectivity index (χ0) is 18.8. The van der Waals surface area contributed by atoms with Gasteiger partial charge < -0.3 is 14.8 Å². The highest BCUT2D eigenvalue weighted by atomic mass is 32.1. The molecule has 28 heavy (non-hydrogen) atoms. The number of ether oxygens (including phenoxy) is 2. The summed E-state index contributed by atoms with van der Waals surface area (Å²) in [5.74, 6) is 2.09. The lowest BCUT2D eigenvalue weighted by Gasteiger charge is -2.11. The van der Waals surface area contributed by atoms with Gasteiger partial charge in [-0.3, -0.25) is 4.98 Å². The molecule has 1 aliphatic rings. The van der Waals surface area contributed by atoms with Crippen molar-refractivity contribution >= 4 is 17.3 Å². The fourth-order valence-corrected chi connectivity index (χ4v) is 3.75. The maximum absolute atomic E-state index is 5.52. The van der Waals surface area contributed by atoms with Crippen molar-refractivity contribution in [3.63, 3.8) is 0 Å². The smallest absolute Gasteiger partial charge is 0.231 e. The molecule has 1 aliphatic heterocycles. The van der Waals surface area contributed by atoms with Gasteiger partial charge in [0.15, 0.2) is 11.5 Å². The zero-order valence-electron chi connectivity index (χ0n) is 14.8. The average molecular weight is 388 g/mol. The van der Waals surface area contributed by atoms with E-state index >= 15 is 0 Å². The number of rotatable bonds is 5. The largest absolute Gasteiger partial charge is 0.454 e. The molecule has 7 heteroatoms. The van der Waals surface area contributed by atoms with Crippen molar-refractivity contribution in [1.29, 1.82) is 0 Å². The van der Waals surface area contributed by atoms with Gasteiger partial charge in [-0.2, -0.15) is 0 Å². The van der Waals surface area contributed by atoms with E-state index in [9.17, 15) is 0 Å². The molecule has 4 aromatic rings. The second-order valence-corrected chi connectivity index (χ2v) is 7.16. The number of pyridine rings is 1. The molecule has 1 aromatic carbocycles. The van der Waals surface area contributed by atoms with Gasteiger partial charge in [0.25, 0.3) is 0 Å². The van der Waals surface area contributed by atoms with Crippen LogP contribution >= 0.6 is 11.3 Å². The Morgan fingerprint density at radius 1 is 1.04 bits per heavy atom. The van der Waals surface area contributed by atoms with Gasteiger partial charge in [-0.15, -0.1) is 11.3 Å². The van der Waals surface area contributed by atoms with Crippen molar-refractivity contribution < 1.29 is 9.47 Å². The van der Waals surface area contributed by atoms with Crippen LogP contribution in [0.1, 0.15) is 5.56 Å². The summed E-state index contributed by atoms with van der Waals surface area (Å²) in [4.78, 5) is 14.5. The molecule has 4 heterocycles. The quantitative estimate of drug-likeness (QED) is 0.538. The van der Waals surface area contributed by atoms with E-state index in [-0.39, 0.29) is 6.79 Å². The minimum absolute atomic E-state index is 0.255. The van der Waals surface area contributed by atoms with Crippen molar-refractivity contribution in [2.45, 2.75) is 6.54 Å². The third-order valence-electron chi connectivity index (χ3n) is 4.43. The van der Waals surface area contributed by atoms with Crippen molar-refractivity contribution in [3.8, 4) is 33.2 Å². The summed E-state index contributed by atoms with van der Waals surface area (Å²) in [7, 11) is 0. The highest BCUT2D eigenvalue weighted by Crippen LogP contribution is 2.39. The number of nitrogens with one attached hydrogen (secondary N) is 1. The van der Waals surface area contributed by atoms with Crippen molar-refractivity contribution in [2.24, 2.45) is 0 Å². The van der Waals surface area contributed by atoms with Crippen LogP contribution in [-0.2, 0) is 6.54 Å². The first kappa shape index (κ1) is 16.7. The summed E-state index contributed by atoms with van der Waals surface area (Å²) in [6.45, 7) is 0.890. The molecule has 6 nitrogen and oxygen atoms in total. The molecule has 5 rings (SSSR count). The summed E-state index contributed by atoms with van der Waals surface area (Å²) in [5.41, 5.74) is 3.96. The SMILES string of the molecule is c1csc(-c2nc(NCc3ccncc3)ncc2-c2ccc3c(c2)OCO3)c1. The second-order valence-electron chi connectivity index (χ2n) is 6.21. The van der Waals surface area contributed by atoms with E-state index in [2.05, 4.69) is 21.4 Å². The number of hydrogen-bond acceptors (Lipinski definition) is 7. The molecule has 0 saturated heterocycles. The van der Waals surface area contributed by atoms with E-state index in [1.165, 1.54) is 0 Å². The molecule has 0 spiro atoms. The van der Waals surface area contributed by atoms with Crippen LogP contribution in [-0.4, -0.2) is 21.7 Å². The molecule has 0 fully saturated rings. The lowest BCUT2D eigenvalue weighted by atomic mass is 10.0. The van der Waals surface area contributed by atoms with Crippen molar-refractivity contribution in [2.75, 3.05) is 12.1 Å². The third-order valence-corrected chi connectivity index (χ3v) is 5.30. The monoisotopic (exact) mass is 388 g/mol. The van der Waals surface area contributed by atoms with Crippen LogP contribution in [0.4, 0.5) is 5.95 Å². The molecule has 0 radical (unpaired) electrons. The highest BCUT2D eigenvalue weighted by molar-refractivity contribution is 7.13. The fraction of sp³-hybridized carbons (Fsp3) is 0.0952. The van der Waals surface area contributed by atoms with Gasteiger partial charge in [0.1, 0.15) is 0 Å². The number of fused-ring (bicyclic) bond motifs is 1. The van der Waals surface area contributed by atoms with E-state index in [1.54, 1.807) is 23.7 Å². The third kappa shape index (κ3) is 3.27. The second kappa shape index (κ2) is 7.28. The Bertz CT molecular complexity index is 1100. The summed E-state index contributed by atoms with van der Waals surface area (Å²) in [6.07, 6.45) is 5.41. The number of aromatic nitrogens is 3. The van der Waals surface area contributed by atoms with Crippen LogP contribution in [0.25, 0.3) is 21.7 Å². The zero-order valence-corrected chi connectivity index (χ0v) is 15.6. The van der Waals surface area contributed by atoms with E-state index in [4.69, 9.17) is 14.5 Å². The van der Waals surface area contributed by atoms with Gasteiger partial charge in [-0.25, -0.2) is 9.97 Å². The summed E-state index contributed by atoms with van der Waals surface area (Å²) < 4.78 is 10.9. The maximum atomic E-state index is 5.52. The van der Waals surface area contributed by atoms with E-state index in [0.717, 1.165) is 38.8 Å². The first-order chi connectivity index (χ1) is 13.9. The van der Waals surface area contributed by atoms with Gasteiger partial charge in [-0.1, -0.05) is 12.1 Å². The molecule has 1 N–H and O–H groups in total. The Morgan fingerprint density at radius 3 is 2.79 bits per heavy atom. The van der Waals surface area contributed by atoms with Gasteiger partial charge in [-0.05, 0) is 46.8 Å². The van der Waals surface area contributed by atoms with Crippen molar-refractivity contribution in [1.82, 2.24) is 15.0 Å². The Hall–Kier alpha value is -3.45. The maximum Gasteiger partial charge on any atom is 0.231 e. The normalized spacial score (nSPS) is 12.1. The van der Waals surface area contributed by atoms with Crippen LogP contribution in [0, 0.1) is 0 Å². The predicted molar refractivity (Wildman–Crippen MR) is 108 cm³/mol. The number of benzene rings is 1. The molecule has 0 bridgehead atoms. The first-order valence-electron chi connectivity index (χ1n) is 8.80. The molecule has 0 atom stereocenters. The number of anilines is 1. The Kier molecular flexibility index (Phi) is 4.34. The van der Waals surface area contributed by atoms with Crippen molar-refractivity contribution in [3.05, 3.63) is 72.0 Å². The van der Waals surface area contributed by atoms with Crippen LogP contribution < -0.4 is 14.8 Å².